The van der Waals surface area contributed by atoms with E-state index in [1.54, 1.807) is 0 Å². The minimum absolute atomic E-state index is 0.311. The van der Waals surface area contributed by atoms with Gasteiger partial charge >= 0.3 is 11.9 Å². The number of nitrogens with zero attached hydrogens (tertiary/aromatic N) is 2. The summed E-state index contributed by atoms with van der Waals surface area (Å²) in [6.45, 7) is 6.38. The number of carboxylic acid groups (broad SMARTS) is 2. The molecule has 0 bridgehead atoms. The maximum absolute atomic E-state index is 9.10. The number of aliphatic carboxylic acids is 2. The lowest BCUT2D eigenvalue weighted by molar-refractivity contribution is -0.159. The molecule has 0 saturated carbocycles. The molecular formula is C23H42N2O5S. The number of thioether (sulfide) groups is 1. The van der Waals surface area contributed by atoms with Gasteiger partial charge in [-0.15, -0.1) is 0 Å². The minimum atomic E-state index is -1.82. The van der Waals surface area contributed by atoms with E-state index in [-0.39, 0.29) is 0 Å². The average Bonchev–Trinajstić information content (AvgIpc) is 3.25. The van der Waals surface area contributed by atoms with Crippen LogP contribution in [0.4, 0.5) is 0 Å². The van der Waals surface area contributed by atoms with E-state index in [4.69, 9.17) is 24.5 Å². The molecule has 2 N–H and O–H groups in total. The van der Waals surface area contributed by atoms with Crippen LogP contribution in [0.5, 0.6) is 0 Å². The van der Waals surface area contributed by atoms with Crippen LogP contribution < -0.4 is 0 Å². The zero-order valence-corrected chi connectivity index (χ0v) is 20.2. The van der Waals surface area contributed by atoms with Gasteiger partial charge in [0.1, 0.15) is 0 Å². The predicted molar refractivity (Wildman–Crippen MR) is 127 cm³/mol. The quantitative estimate of drug-likeness (QED) is 0.221. The van der Waals surface area contributed by atoms with Crippen molar-refractivity contribution in [3.8, 4) is 0 Å². The molecule has 0 radical (unpaired) electrons. The number of carbonyl (C=O) groups is 2. The monoisotopic (exact) mass is 458 g/mol. The molecule has 1 aromatic heterocycles. The van der Waals surface area contributed by atoms with E-state index in [1.165, 1.54) is 76.4 Å². The summed E-state index contributed by atoms with van der Waals surface area (Å²) in [5, 5.41) is 14.8. The maximum atomic E-state index is 9.10. The molecule has 0 saturated heterocycles. The van der Waals surface area contributed by atoms with Gasteiger partial charge in [0.15, 0.2) is 0 Å². The summed E-state index contributed by atoms with van der Waals surface area (Å²) in [5.74, 6) is -1.28. The third-order valence-corrected chi connectivity index (χ3v) is 5.89. The van der Waals surface area contributed by atoms with Crippen molar-refractivity contribution in [3.63, 3.8) is 0 Å². The fraction of sp³-hybridized carbons (Fsp3) is 0.783. The second-order valence-electron chi connectivity index (χ2n) is 7.62. The molecule has 0 aromatic carbocycles. The van der Waals surface area contributed by atoms with Gasteiger partial charge in [-0.25, -0.2) is 14.6 Å². The zero-order valence-electron chi connectivity index (χ0n) is 19.3. The normalized spacial score (nSPS) is 11.5. The standard InChI is InChI=1S/C21H40N2OS.C2H2O4/c1-3-5-7-9-10-12-16-24-21(18-23-15-14-22-20-23)19-25-17-13-11-8-6-4-2;3-1(4)2(5)6/h14-15,20-21H,3-13,16-19H2,1-2H3;(H,3,4)(H,5,6). The van der Waals surface area contributed by atoms with Crippen LogP contribution in [0.2, 0.25) is 0 Å². The minimum Gasteiger partial charge on any atom is -0.473 e. The Kier molecular flexibility index (Phi) is 20.6. The van der Waals surface area contributed by atoms with Crippen LogP contribution in [-0.4, -0.2) is 55.9 Å². The largest absolute Gasteiger partial charge is 0.473 e. The van der Waals surface area contributed by atoms with Crippen LogP contribution in [0.1, 0.15) is 84.5 Å². The van der Waals surface area contributed by atoms with Crippen molar-refractivity contribution in [2.24, 2.45) is 0 Å². The Morgan fingerprint density at radius 3 is 2.06 bits per heavy atom. The van der Waals surface area contributed by atoms with E-state index in [1.807, 2.05) is 18.7 Å². The smallest absolute Gasteiger partial charge is 0.414 e. The van der Waals surface area contributed by atoms with Gasteiger partial charge in [0.25, 0.3) is 0 Å². The molecule has 0 fully saturated rings. The second-order valence-corrected chi connectivity index (χ2v) is 8.77. The van der Waals surface area contributed by atoms with Crippen molar-refractivity contribution in [1.82, 2.24) is 9.55 Å². The van der Waals surface area contributed by atoms with E-state index in [0.717, 1.165) is 18.9 Å². The highest BCUT2D eigenvalue weighted by Gasteiger charge is 2.10. The summed E-state index contributed by atoms with van der Waals surface area (Å²) >= 11 is 2.06. The Bertz CT molecular complexity index is 510. The van der Waals surface area contributed by atoms with E-state index in [2.05, 4.69) is 35.2 Å². The highest BCUT2D eigenvalue weighted by Crippen LogP contribution is 2.13. The van der Waals surface area contributed by atoms with Gasteiger partial charge in [-0.3, -0.25) is 0 Å². The van der Waals surface area contributed by atoms with Gasteiger partial charge in [-0.05, 0) is 18.6 Å². The van der Waals surface area contributed by atoms with Crippen molar-refractivity contribution >= 4 is 23.7 Å². The molecule has 0 aliphatic rings. The lowest BCUT2D eigenvalue weighted by atomic mass is 10.1. The van der Waals surface area contributed by atoms with Gasteiger partial charge in [-0.1, -0.05) is 71.6 Å². The van der Waals surface area contributed by atoms with Crippen molar-refractivity contribution < 1.29 is 24.5 Å². The molecule has 180 valence electrons. The number of ether oxygens (including phenoxy) is 1. The van der Waals surface area contributed by atoms with Gasteiger partial charge < -0.3 is 19.5 Å². The van der Waals surface area contributed by atoms with Crippen molar-refractivity contribution in [1.29, 1.82) is 0 Å². The summed E-state index contributed by atoms with van der Waals surface area (Å²) in [5.41, 5.74) is 0. The first kappa shape index (κ1) is 29.5. The predicted octanol–water partition coefficient (Wildman–Crippen LogP) is 5.49. The fourth-order valence-electron chi connectivity index (χ4n) is 2.94. The maximum Gasteiger partial charge on any atom is 0.414 e. The Morgan fingerprint density at radius 2 is 1.52 bits per heavy atom. The summed E-state index contributed by atoms with van der Waals surface area (Å²) in [7, 11) is 0. The van der Waals surface area contributed by atoms with Crippen LogP contribution in [-0.2, 0) is 20.9 Å². The Morgan fingerprint density at radius 1 is 0.935 bits per heavy atom. The number of hydrogen-bond donors (Lipinski definition) is 2. The van der Waals surface area contributed by atoms with E-state index in [9.17, 15) is 0 Å². The first-order chi connectivity index (χ1) is 15.0. The molecule has 31 heavy (non-hydrogen) atoms. The van der Waals surface area contributed by atoms with Crippen molar-refractivity contribution in [2.45, 2.75) is 97.1 Å². The topological polar surface area (TPSA) is 102 Å². The molecule has 1 aromatic rings. The third kappa shape index (κ3) is 20.1. The first-order valence-corrected chi connectivity index (χ1v) is 12.8. The van der Waals surface area contributed by atoms with Crippen LogP contribution in [0.15, 0.2) is 18.7 Å². The molecule has 1 rings (SSSR count). The van der Waals surface area contributed by atoms with Crippen LogP contribution >= 0.6 is 11.8 Å². The molecular weight excluding hydrogens is 416 g/mol. The Labute approximate surface area is 192 Å². The van der Waals surface area contributed by atoms with Crippen LogP contribution in [0.3, 0.4) is 0 Å². The van der Waals surface area contributed by atoms with Crippen molar-refractivity contribution in [3.05, 3.63) is 18.7 Å². The molecule has 1 atom stereocenters. The number of unbranched alkanes of at least 4 members (excludes halogenated alkanes) is 9. The highest BCUT2D eigenvalue weighted by atomic mass is 32.2. The van der Waals surface area contributed by atoms with E-state index in [0.29, 0.717) is 6.10 Å². The molecule has 8 heteroatoms. The molecule has 0 aliphatic carbocycles. The number of rotatable bonds is 18. The lowest BCUT2D eigenvalue weighted by Crippen LogP contribution is -2.23. The Hall–Kier alpha value is -1.54. The first-order valence-electron chi connectivity index (χ1n) is 11.6. The third-order valence-electron chi connectivity index (χ3n) is 4.70. The summed E-state index contributed by atoms with van der Waals surface area (Å²) in [6.07, 6.45) is 20.9. The molecule has 7 nitrogen and oxygen atoms in total. The van der Waals surface area contributed by atoms with E-state index < -0.39 is 11.9 Å². The van der Waals surface area contributed by atoms with Gasteiger partial charge in [0, 0.05) is 24.8 Å². The summed E-state index contributed by atoms with van der Waals surface area (Å²) < 4.78 is 8.34. The average molecular weight is 459 g/mol. The zero-order chi connectivity index (χ0) is 23.2. The van der Waals surface area contributed by atoms with Gasteiger partial charge in [0.05, 0.1) is 19.0 Å². The molecule has 0 amide bonds. The number of carboxylic acids is 2. The second kappa shape index (κ2) is 21.7. The Balaban J connectivity index is 0.00000131. The van der Waals surface area contributed by atoms with E-state index >= 15 is 0 Å². The molecule has 0 spiro atoms. The molecule has 0 aliphatic heterocycles. The van der Waals surface area contributed by atoms with Crippen molar-refractivity contribution in [2.75, 3.05) is 18.1 Å². The fourth-order valence-corrected chi connectivity index (χ4v) is 3.98. The van der Waals surface area contributed by atoms with Gasteiger partial charge in [0.2, 0.25) is 0 Å². The highest BCUT2D eigenvalue weighted by molar-refractivity contribution is 7.99. The molecule has 1 unspecified atom stereocenters. The summed E-state index contributed by atoms with van der Waals surface area (Å²) in [6, 6.07) is 0. The SMILES string of the molecule is CCCCCCCCOC(CSCCCCCCC)Cn1ccnc1.O=C(O)C(=O)O. The number of hydrogen-bond acceptors (Lipinski definition) is 5. The van der Waals surface area contributed by atoms with Crippen LogP contribution in [0.25, 0.3) is 0 Å². The van der Waals surface area contributed by atoms with Gasteiger partial charge in [-0.2, -0.15) is 11.8 Å². The number of aromatic nitrogens is 2. The summed E-state index contributed by atoms with van der Waals surface area (Å²) in [4.78, 5) is 22.4. The van der Waals surface area contributed by atoms with Crippen LogP contribution in [0, 0.1) is 0 Å². The number of imidazole rings is 1. The lowest BCUT2D eigenvalue weighted by Gasteiger charge is -2.18. The molecule has 1 heterocycles.